The average molecular weight is 284 g/mol. The zero-order valence-corrected chi connectivity index (χ0v) is 10.2. The van der Waals surface area contributed by atoms with Crippen LogP contribution in [0.5, 0.6) is 0 Å². The van der Waals surface area contributed by atoms with Gasteiger partial charge in [-0.3, -0.25) is 9.11 Å². The van der Waals surface area contributed by atoms with Crippen LogP contribution < -0.4 is 11.5 Å². The van der Waals surface area contributed by atoms with E-state index in [4.69, 9.17) is 20.6 Å². The van der Waals surface area contributed by atoms with Gasteiger partial charge in [-0.1, -0.05) is 5.57 Å². The third kappa shape index (κ3) is 2.91. The summed E-state index contributed by atoms with van der Waals surface area (Å²) >= 11 is 0. The molecule has 1 aliphatic rings. The molecule has 0 heterocycles. The van der Waals surface area contributed by atoms with Crippen molar-refractivity contribution in [2.75, 3.05) is 6.54 Å². The van der Waals surface area contributed by atoms with Gasteiger partial charge in [-0.2, -0.15) is 16.8 Å². The predicted molar refractivity (Wildman–Crippen MR) is 59.9 cm³/mol. The van der Waals surface area contributed by atoms with Gasteiger partial charge in [0.15, 0.2) is 4.87 Å². The van der Waals surface area contributed by atoms with E-state index >= 15 is 0 Å². The largest absolute Gasteiger partial charge is 0.327 e. The first-order chi connectivity index (χ1) is 7.49. The quantitative estimate of drug-likeness (QED) is 0.459. The number of rotatable bonds is 3. The molecule has 0 aromatic carbocycles. The fraction of sp³-hybridized carbons (Fsp3) is 0.429. The van der Waals surface area contributed by atoms with Crippen LogP contribution in [0.15, 0.2) is 22.6 Å². The second-order valence-corrected chi connectivity index (χ2v) is 6.77. The topological polar surface area (TPSA) is 161 Å². The minimum atomic E-state index is -4.73. The highest BCUT2D eigenvalue weighted by Gasteiger charge is 2.41. The van der Waals surface area contributed by atoms with E-state index < -0.39 is 30.0 Å². The average Bonchev–Trinajstić information content (AvgIpc) is 2.13. The van der Waals surface area contributed by atoms with E-state index in [1.165, 1.54) is 0 Å². The molecular formula is C7H12N2O6S2. The van der Waals surface area contributed by atoms with Crippen molar-refractivity contribution < 1.29 is 25.9 Å². The van der Waals surface area contributed by atoms with E-state index in [2.05, 4.69) is 0 Å². The molecule has 10 heteroatoms. The van der Waals surface area contributed by atoms with E-state index in [1.807, 2.05) is 0 Å². The maximum Gasteiger partial charge on any atom is 0.294 e. The molecule has 17 heavy (non-hydrogen) atoms. The summed E-state index contributed by atoms with van der Waals surface area (Å²) in [4.78, 5) is -3.01. The van der Waals surface area contributed by atoms with E-state index in [-0.39, 0.29) is 18.5 Å². The van der Waals surface area contributed by atoms with Crippen molar-refractivity contribution >= 4 is 20.2 Å². The SMILES string of the molecule is NCC1=CC(S(=O)(=O)O)=CC(N)(S(=O)(=O)O)C1. The molecule has 0 spiro atoms. The van der Waals surface area contributed by atoms with Crippen LogP contribution in [0.1, 0.15) is 6.42 Å². The lowest BCUT2D eigenvalue weighted by molar-refractivity contribution is 0.444. The maximum atomic E-state index is 11.1. The number of allylic oxidation sites excluding steroid dienone is 1. The first kappa shape index (κ1) is 14.3. The second kappa shape index (κ2) is 4.15. The summed E-state index contributed by atoms with van der Waals surface area (Å²) in [5.74, 6) is 0. The van der Waals surface area contributed by atoms with Gasteiger partial charge in [-0.05, 0) is 12.2 Å². The molecule has 0 bridgehead atoms. The molecule has 1 atom stereocenters. The second-order valence-electron chi connectivity index (χ2n) is 3.64. The van der Waals surface area contributed by atoms with Crippen LogP contribution in [0.4, 0.5) is 0 Å². The molecule has 0 saturated carbocycles. The van der Waals surface area contributed by atoms with Gasteiger partial charge in [0.05, 0.1) is 4.91 Å². The highest BCUT2D eigenvalue weighted by molar-refractivity contribution is 7.90. The lowest BCUT2D eigenvalue weighted by Gasteiger charge is -2.27. The molecule has 98 valence electrons. The van der Waals surface area contributed by atoms with Gasteiger partial charge in [0.2, 0.25) is 0 Å². The summed E-state index contributed by atoms with van der Waals surface area (Å²) in [6.07, 6.45) is 1.25. The summed E-state index contributed by atoms with van der Waals surface area (Å²) in [6.45, 7) is -0.151. The van der Waals surface area contributed by atoms with Crippen LogP contribution in [-0.4, -0.2) is 37.4 Å². The molecule has 0 aromatic heterocycles. The smallest absolute Gasteiger partial charge is 0.294 e. The van der Waals surface area contributed by atoms with Crippen molar-refractivity contribution in [1.82, 2.24) is 0 Å². The summed E-state index contributed by atoms with van der Waals surface area (Å²) in [5, 5.41) is 0. The standard InChI is InChI=1S/C7H12N2O6S2/c8-4-5-1-6(16(10,11)12)3-7(9,2-5)17(13,14)15/h1,3H,2,4,8-9H2,(H,10,11,12)(H,13,14,15). The Morgan fingerprint density at radius 3 is 2.18 bits per heavy atom. The lowest BCUT2D eigenvalue weighted by Crippen LogP contribution is -2.48. The molecule has 0 fully saturated rings. The van der Waals surface area contributed by atoms with Crippen molar-refractivity contribution in [2.24, 2.45) is 11.5 Å². The summed E-state index contributed by atoms with van der Waals surface area (Å²) in [7, 11) is -9.36. The van der Waals surface area contributed by atoms with Crippen molar-refractivity contribution in [2.45, 2.75) is 11.3 Å². The predicted octanol–water partition coefficient (Wildman–Crippen LogP) is -1.41. The minimum absolute atomic E-state index is 0.151. The van der Waals surface area contributed by atoms with Crippen molar-refractivity contribution in [3.05, 3.63) is 22.6 Å². The Hall–Kier alpha value is -0.780. The first-order valence-electron chi connectivity index (χ1n) is 4.35. The number of hydrogen-bond acceptors (Lipinski definition) is 6. The van der Waals surface area contributed by atoms with Gasteiger partial charge >= 0.3 is 0 Å². The number of hydrogen-bond donors (Lipinski definition) is 4. The van der Waals surface area contributed by atoms with E-state index in [0.717, 1.165) is 6.08 Å². The van der Waals surface area contributed by atoms with E-state index in [9.17, 15) is 16.8 Å². The Labute approximate surface area is 98.5 Å². The van der Waals surface area contributed by atoms with Crippen molar-refractivity contribution in [3.63, 3.8) is 0 Å². The first-order valence-corrected chi connectivity index (χ1v) is 7.23. The molecule has 0 aromatic rings. The van der Waals surface area contributed by atoms with Gasteiger partial charge < -0.3 is 11.5 Å². The normalized spacial score (nSPS) is 26.4. The maximum absolute atomic E-state index is 11.1. The molecule has 1 rings (SSSR count). The Kier molecular flexibility index (Phi) is 3.49. The Bertz CT molecular complexity index is 588. The Morgan fingerprint density at radius 2 is 1.82 bits per heavy atom. The molecule has 0 radical (unpaired) electrons. The van der Waals surface area contributed by atoms with Crippen LogP contribution in [0, 0.1) is 0 Å². The number of nitrogens with two attached hydrogens (primary N) is 2. The molecule has 0 aliphatic heterocycles. The zero-order chi connectivity index (χ0) is 13.5. The van der Waals surface area contributed by atoms with Crippen molar-refractivity contribution in [1.29, 1.82) is 0 Å². The Balaban J connectivity index is 3.45. The lowest BCUT2D eigenvalue weighted by atomic mass is 10.0. The van der Waals surface area contributed by atoms with Gasteiger partial charge in [0.1, 0.15) is 0 Å². The van der Waals surface area contributed by atoms with Crippen LogP contribution in [0.25, 0.3) is 0 Å². The van der Waals surface area contributed by atoms with Gasteiger partial charge in [0.25, 0.3) is 20.2 Å². The third-order valence-corrected chi connectivity index (χ3v) is 4.33. The van der Waals surface area contributed by atoms with E-state index in [1.54, 1.807) is 0 Å². The fourth-order valence-corrected chi connectivity index (χ4v) is 2.78. The molecule has 1 aliphatic carbocycles. The molecule has 1 unspecified atom stereocenters. The highest BCUT2D eigenvalue weighted by atomic mass is 32.2. The summed E-state index contributed by atoms with van der Waals surface area (Å²) < 4.78 is 61.8. The van der Waals surface area contributed by atoms with Crippen LogP contribution in [0.2, 0.25) is 0 Å². The zero-order valence-electron chi connectivity index (χ0n) is 8.57. The molecule has 8 nitrogen and oxygen atoms in total. The Morgan fingerprint density at radius 1 is 1.29 bits per heavy atom. The summed E-state index contributed by atoms with van der Waals surface area (Å²) in [5.41, 5.74) is 10.9. The fourth-order valence-electron chi connectivity index (χ4n) is 1.39. The van der Waals surface area contributed by atoms with E-state index in [0.29, 0.717) is 6.08 Å². The van der Waals surface area contributed by atoms with Crippen LogP contribution in [-0.2, 0) is 20.2 Å². The molecule has 0 amide bonds. The monoisotopic (exact) mass is 284 g/mol. The van der Waals surface area contributed by atoms with Gasteiger partial charge in [0, 0.05) is 13.0 Å². The van der Waals surface area contributed by atoms with Crippen LogP contribution in [0.3, 0.4) is 0 Å². The molecule has 6 N–H and O–H groups in total. The highest BCUT2D eigenvalue weighted by Crippen LogP contribution is 2.29. The van der Waals surface area contributed by atoms with Crippen molar-refractivity contribution in [3.8, 4) is 0 Å². The molecular weight excluding hydrogens is 272 g/mol. The van der Waals surface area contributed by atoms with Gasteiger partial charge in [-0.15, -0.1) is 0 Å². The molecule has 0 saturated heterocycles. The summed E-state index contributed by atoms with van der Waals surface area (Å²) in [6, 6.07) is 0. The van der Waals surface area contributed by atoms with Crippen LogP contribution >= 0.6 is 0 Å². The third-order valence-electron chi connectivity index (χ3n) is 2.28. The van der Waals surface area contributed by atoms with Gasteiger partial charge in [-0.25, -0.2) is 0 Å². The minimum Gasteiger partial charge on any atom is -0.327 e.